The number of thioether (sulfide) groups is 1. The van der Waals surface area contributed by atoms with Gasteiger partial charge < -0.3 is 5.11 Å². The van der Waals surface area contributed by atoms with Gasteiger partial charge >= 0.3 is 0 Å². The zero-order valence-electron chi connectivity index (χ0n) is 11.1. The molecule has 2 aromatic rings. The van der Waals surface area contributed by atoms with Gasteiger partial charge in [-0.05, 0) is 24.5 Å². The molecular formula is C14H11N3O3S. The molecule has 0 fully saturated rings. The number of nitriles is 1. The van der Waals surface area contributed by atoms with E-state index >= 15 is 0 Å². The number of hydrogen-bond acceptors (Lipinski definition) is 6. The SMILES string of the molecule is CSc1nc(-c2ccc([N+](=O)[O-])cc2)c(CO)cc1C#N. The third-order valence-electron chi connectivity index (χ3n) is 2.90. The minimum Gasteiger partial charge on any atom is -0.392 e. The van der Waals surface area contributed by atoms with Gasteiger partial charge in [-0.2, -0.15) is 5.26 Å². The molecule has 106 valence electrons. The quantitative estimate of drug-likeness (QED) is 0.529. The van der Waals surface area contributed by atoms with E-state index in [4.69, 9.17) is 5.26 Å². The third-order valence-corrected chi connectivity index (χ3v) is 3.60. The van der Waals surface area contributed by atoms with Crippen LogP contribution >= 0.6 is 11.8 Å². The number of hydrogen-bond donors (Lipinski definition) is 1. The summed E-state index contributed by atoms with van der Waals surface area (Å²) in [7, 11) is 0. The van der Waals surface area contributed by atoms with Crippen LogP contribution < -0.4 is 0 Å². The Bertz CT molecular complexity index is 723. The summed E-state index contributed by atoms with van der Waals surface area (Å²) in [6.45, 7) is -0.261. The van der Waals surface area contributed by atoms with Crippen LogP contribution in [-0.2, 0) is 6.61 Å². The van der Waals surface area contributed by atoms with E-state index in [1.165, 1.54) is 23.9 Å². The van der Waals surface area contributed by atoms with Crippen molar-refractivity contribution in [2.75, 3.05) is 6.26 Å². The summed E-state index contributed by atoms with van der Waals surface area (Å²) in [4.78, 5) is 14.6. The number of aliphatic hydroxyl groups excluding tert-OH is 1. The first-order chi connectivity index (χ1) is 10.1. The predicted molar refractivity (Wildman–Crippen MR) is 78.7 cm³/mol. The van der Waals surface area contributed by atoms with Gasteiger partial charge in [-0.1, -0.05) is 0 Å². The molecule has 0 saturated heterocycles. The normalized spacial score (nSPS) is 10.1. The first-order valence-corrected chi connectivity index (χ1v) is 7.17. The molecule has 0 amide bonds. The zero-order chi connectivity index (χ0) is 15.4. The average Bonchev–Trinajstić information content (AvgIpc) is 2.53. The Morgan fingerprint density at radius 2 is 2.10 bits per heavy atom. The Balaban J connectivity index is 2.57. The van der Waals surface area contributed by atoms with Crippen LogP contribution in [0.5, 0.6) is 0 Å². The number of non-ortho nitro benzene ring substituents is 1. The van der Waals surface area contributed by atoms with Crippen molar-refractivity contribution in [2.24, 2.45) is 0 Å². The molecule has 0 bridgehead atoms. The lowest BCUT2D eigenvalue weighted by Gasteiger charge is -2.10. The van der Waals surface area contributed by atoms with E-state index in [1.54, 1.807) is 24.5 Å². The van der Waals surface area contributed by atoms with E-state index in [0.717, 1.165) is 0 Å². The van der Waals surface area contributed by atoms with Crippen molar-refractivity contribution in [2.45, 2.75) is 11.6 Å². The molecule has 2 rings (SSSR count). The molecule has 1 aromatic heterocycles. The van der Waals surface area contributed by atoms with Crippen LogP contribution in [0.1, 0.15) is 11.1 Å². The van der Waals surface area contributed by atoms with Crippen LogP contribution in [0.2, 0.25) is 0 Å². The summed E-state index contributed by atoms with van der Waals surface area (Å²) in [5.41, 5.74) is 2.08. The molecule has 21 heavy (non-hydrogen) atoms. The number of aliphatic hydroxyl groups is 1. The molecule has 0 radical (unpaired) electrons. The van der Waals surface area contributed by atoms with Crippen molar-refractivity contribution in [3.63, 3.8) is 0 Å². The first-order valence-electron chi connectivity index (χ1n) is 5.94. The topological polar surface area (TPSA) is 100 Å². The van der Waals surface area contributed by atoms with Gasteiger partial charge in [0.05, 0.1) is 22.8 Å². The highest BCUT2D eigenvalue weighted by Crippen LogP contribution is 2.29. The molecule has 0 aliphatic heterocycles. The summed E-state index contributed by atoms with van der Waals surface area (Å²) in [6, 6.07) is 9.56. The van der Waals surface area contributed by atoms with E-state index < -0.39 is 4.92 Å². The zero-order valence-corrected chi connectivity index (χ0v) is 11.9. The Morgan fingerprint density at radius 1 is 1.43 bits per heavy atom. The molecule has 6 nitrogen and oxygen atoms in total. The number of nitrogens with zero attached hydrogens (tertiary/aromatic N) is 3. The maximum atomic E-state index is 10.7. The molecule has 0 spiro atoms. The predicted octanol–water partition coefficient (Wildman–Crippen LogP) is 2.74. The van der Waals surface area contributed by atoms with Crippen molar-refractivity contribution in [3.8, 4) is 17.3 Å². The van der Waals surface area contributed by atoms with Crippen molar-refractivity contribution in [1.29, 1.82) is 5.26 Å². The standard InChI is InChI=1S/C14H11N3O3S/c1-21-14-10(7-15)6-11(8-18)13(16-14)9-2-4-12(5-3-9)17(19)20/h2-6,18H,8H2,1H3. The summed E-state index contributed by atoms with van der Waals surface area (Å²) in [6.07, 6.45) is 1.81. The van der Waals surface area contributed by atoms with Gasteiger partial charge in [-0.25, -0.2) is 4.98 Å². The second-order valence-electron chi connectivity index (χ2n) is 4.13. The molecule has 0 atom stereocenters. The van der Waals surface area contributed by atoms with Crippen LogP contribution in [0.4, 0.5) is 5.69 Å². The largest absolute Gasteiger partial charge is 0.392 e. The van der Waals surface area contributed by atoms with E-state index in [9.17, 15) is 15.2 Å². The van der Waals surface area contributed by atoms with Gasteiger partial charge in [0.1, 0.15) is 11.1 Å². The number of pyridine rings is 1. The lowest BCUT2D eigenvalue weighted by atomic mass is 10.0. The van der Waals surface area contributed by atoms with Crippen molar-refractivity contribution < 1.29 is 10.0 Å². The van der Waals surface area contributed by atoms with E-state index in [0.29, 0.717) is 27.4 Å². The molecular weight excluding hydrogens is 290 g/mol. The number of nitro benzene ring substituents is 1. The van der Waals surface area contributed by atoms with Crippen LogP contribution in [0.25, 0.3) is 11.3 Å². The number of nitro groups is 1. The molecule has 0 unspecified atom stereocenters. The fraction of sp³-hybridized carbons (Fsp3) is 0.143. The highest BCUT2D eigenvalue weighted by atomic mass is 32.2. The van der Waals surface area contributed by atoms with E-state index in [1.807, 2.05) is 6.07 Å². The van der Waals surface area contributed by atoms with Gasteiger partial charge in [-0.3, -0.25) is 10.1 Å². The van der Waals surface area contributed by atoms with E-state index in [2.05, 4.69) is 4.98 Å². The first kappa shape index (κ1) is 15.0. The molecule has 7 heteroatoms. The van der Waals surface area contributed by atoms with Crippen molar-refractivity contribution in [3.05, 3.63) is 51.6 Å². The Kier molecular flexibility index (Phi) is 4.52. The summed E-state index contributed by atoms with van der Waals surface area (Å²) in [5.74, 6) is 0. The molecule has 1 aromatic carbocycles. The highest BCUT2D eigenvalue weighted by Gasteiger charge is 2.13. The highest BCUT2D eigenvalue weighted by molar-refractivity contribution is 7.98. The maximum absolute atomic E-state index is 10.7. The van der Waals surface area contributed by atoms with Gasteiger partial charge in [0.25, 0.3) is 5.69 Å². The average molecular weight is 301 g/mol. The Hall–Kier alpha value is -2.43. The summed E-state index contributed by atoms with van der Waals surface area (Å²) in [5, 5.41) is 29.7. The van der Waals surface area contributed by atoms with Crippen LogP contribution in [-0.4, -0.2) is 21.3 Å². The molecule has 1 N–H and O–H groups in total. The van der Waals surface area contributed by atoms with Gasteiger partial charge in [0.2, 0.25) is 0 Å². The van der Waals surface area contributed by atoms with Crippen molar-refractivity contribution in [1.82, 2.24) is 4.98 Å². The second-order valence-corrected chi connectivity index (χ2v) is 4.92. The van der Waals surface area contributed by atoms with Crippen LogP contribution in [0.15, 0.2) is 35.4 Å². The lowest BCUT2D eigenvalue weighted by molar-refractivity contribution is -0.384. The fourth-order valence-corrected chi connectivity index (χ4v) is 2.39. The molecule has 0 saturated carbocycles. The fourth-order valence-electron chi connectivity index (χ4n) is 1.89. The summed E-state index contributed by atoms with van der Waals surface area (Å²) < 4.78 is 0. The third kappa shape index (κ3) is 3.02. The number of benzene rings is 1. The van der Waals surface area contributed by atoms with Crippen LogP contribution in [0, 0.1) is 21.4 Å². The Labute approximate surface area is 125 Å². The van der Waals surface area contributed by atoms with Gasteiger partial charge in [0, 0.05) is 23.3 Å². The van der Waals surface area contributed by atoms with Gasteiger partial charge in [-0.15, -0.1) is 11.8 Å². The smallest absolute Gasteiger partial charge is 0.269 e. The monoisotopic (exact) mass is 301 g/mol. The Morgan fingerprint density at radius 3 is 2.57 bits per heavy atom. The number of aromatic nitrogens is 1. The van der Waals surface area contributed by atoms with Crippen molar-refractivity contribution >= 4 is 17.4 Å². The molecule has 0 aliphatic carbocycles. The minimum atomic E-state index is -0.476. The lowest BCUT2D eigenvalue weighted by Crippen LogP contribution is -1.98. The number of rotatable bonds is 4. The summed E-state index contributed by atoms with van der Waals surface area (Å²) >= 11 is 1.33. The minimum absolute atomic E-state index is 0.0111. The molecule has 0 aliphatic rings. The maximum Gasteiger partial charge on any atom is 0.269 e. The van der Waals surface area contributed by atoms with E-state index in [-0.39, 0.29) is 12.3 Å². The van der Waals surface area contributed by atoms with Crippen LogP contribution in [0.3, 0.4) is 0 Å². The van der Waals surface area contributed by atoms with Gasteiger partial charge in [0.15, 0.2) is 0 Å². The molecule has 1 heterocycles. The second kappa shape index (κ2) is 6.35.